The number of nitrogens with zero attached hydrogens (tertiary/aromatic N) is 5. The van der Waals surface area contributed by atoms with Crippen LogP contribution in [-0.2, 0) is 27.9 Å². The van der Waals surface area contributed by atoms with E-state index in [0.717, 1.165) is 16.6 Å². The van der Waals surface area contributed by atoms with Crippen molar-refractivity contribution in [3.63, 3.8) is 0 Å². The number of hydrogen-bond acceptors (Lipinski definition) is 8. The van der Waals surface area contributed by atoms with E-state index in [0.29, 0.717) is 56.8 Å². The first-order valence-corrected chi connectivity index (χ1v) is 16.4. The second-order valence-electron chi connectivity index (χ2n) is 14.2. The quantitative estimate of drug-likeness (QED) is 0.387. The Hall–Kier alpha value is -4.16. The molecule has 3 heterocycles. The molecule has 1 atom stereocenters. The van der Waals surface area contributed by atoms with Crippen LogP contribution in [0.3, 0.4) is 0 Å². The van der Waals surface area contributed by atoms with Crippen LogP contribution in [-0.4, -0.2) is 97.9 Å². The summed E-state index contributed by atoms with van der Waals surface area (Å²) in [4.78, 5) is 58.0. The standard InChI is InChI=1S/C35H45N5O7/c1-34(2,3)47-33(44)38-17-15-37(16-18-38)22-35(45)19-24(20-35)26-7-6-8-27-30(26)36(4)32(43)40(27)28-13-14-29(41)39(31(28)42)21-23-9-11-25(46-5)12-10-23/h6-12,24,28,45H,13-22H2,1-5H3. The topological polar surface area (TPSA) is 127 Å². The molecule has 2 aromatic carbocycles. The molecule has 1 aromatic heterocycles. The number of ether oxygens (including phenoxy) is 2. The van der Waals surface area contributed by atoms with Crippen LogP contribution < -0.4 is 10.4 Å². The van der Waals surface area contributed by atoms with Gasteiger partial charge in [-0.25, -0.2) is 9.59 Å². The molecule has 2 saturated heterocycles. The first kappa shape index (κ1) is 32.8. The van der Waals surface area contributed by atoms with Crippen molar-refractivity contribution in [1.29, 1.82) is 0 Å². The molecule has 1 unspecified atom stereocenters. The van der Waals surface area contributed by atoms with Gasteiger partial charge in [-0.05, 0) is 75.3 Å². The van der Waals surface area contributed by atoms with Crippen molar-refractivity contribution >= 4 is 28.9 Å². The average molecular weight is 648 g/mol. The van der Waals surface area contributed by atoms with Crippen molar-refractivity contribution in [2.75, 3.05) is 39.8 Å². The molecule has 0 radical (unpaired) electrons. The maximum absolute atomic E-state index is 13.8. The number of β-amino-alcohol motifs (C(OH)–C–C–N with tert-alkyl or cyclic N) is 1. The van der Waals surface area contributed by atoms with E-state index in [1.807, 2.05) is 51.1 Å². The molecule has 1 saturated carbocycles. The minimum Gasteiger partial charge on any atom is -0.497 e. The van der Waals surface area contributed by atoms with Gasteiger partial charge in [-0.15, -0.1) is 0 Å². The number of benzene rings is 2. The lowest BCUT2D eigenvalue weighted by atomic mass is 9.67. The Morgan fingerprint density at radius 2 is 1.68 bits per heavy atom. The smallest absolute Gasteiger partial charge is 0.410 e. The van der Waals surface area contributed by atoms with Crippen LogP contribution in [0.5, 0.6) is 5.75 Å². The number of imide groups is 1. The van der Waals surface area contributed by atoms with Crippen LogP contribution in [0, 0.1) is 0 Å². The number of aliphatic hydroxyl groups is 1. The monoisotopic (exact) mass is 647 g/mol. The summed E-state index contributed by atoms with van der Waals surface area (Å²) in [6, 6.07) is 12.2. The Labute approximate surface area is 274 Å². The van der Waals surface area contributed by atoms with Crippen molar-refractivity contribution in [3.05, 3.63) is 64.1 Å². The van der Waals surface area contributed by atoms with E-state index in [4.69, 9.17) is 9.47 Å². The highest BCUT2D eigenvalue weighted by Gasteiger charge is 2.46. The number of carbonyl (C=O) groups is 3. The number of carbonyl (C=O) groups excluding carboxylic acids is 3. The highest BCUT2D eigenvalue weighted by Crippen LogP contribution is 2.47. The van der Waals surface area contributed by atoms with Gasteiger partial charge in [-0.3, -0.25) is 28.5 Å². The summed E-state index contributed by atoms with van der Waals surface area (Å²) in [6.07, 6.45) is 1.20. The molecule has 3 aliphatic rings. The maximum Gasteiger partial charge on any atom is 0.410 e. The maximum atomic E-state index is 13.8. The Kier molecular flexibility index (Phi) is 8.69. The minimum atomic E-state index is -0.871. The predicted octanol–water partition coefficient (Wildman–Crippen LogP) is 3.40. The minimum absolute atomic E-state index is 0.0448. The Bertz CT molecular complexity index is 1720. The Morgan fingerprint density at radius 3 is 2.32 bits per heavy atom. The number of likely N-dealkylation sites (tertiary alicyclic amines) is 1. The van der Waals surface area contributed by atoms with E-state index in [2.05, 4.69) is 4.90 Å². The summed E-state index contributed by atoms with van der Waals surface area (Å²) in [5, 5.41) is 11.5. The van der Waals surface area contributed by atoms with Crippen LogP contribution in [0.1, 0.15) is 69.5 Å². The molecule has 3 amide bonds. The average Bonchev–Trinajstić information content (AvgIpc) is 3.27. The molecule has 252 valence electrons. The van der Waals surface area contributed by atoms with Crippen molar-refractivity contribution in [2.24, 2.45) is 7.05 Å². The van der Waals surface area contributed by atoms with Gasteiger partial charge in [0, 0.05) is 46.2 Å². The van der Waals surface area contributed by atoms with E-state index < -0.39 is 17.2 Å². The summed E-state index contributed by atoms with van der Waals surface area (Å²) in [5.74, 6) is 0.0883. The van der Waals surface area contributed by atoms with Gasteiger partial charge in [0.1, 0.15) is 17.4 Å². The van der Waals surface area contributed by atoms with Gasteiger partial charge in [0.25, 0.3) is 5.91 Å². The van der Waals surface area contributed by atoms with Crippen LogP contribution >= 0.6 is 0 Å². The van der Waals surface area contributed by atoms with E-state index in [1.165, 1.54) is 4.90 Å². The molecule has 6 rings (SSSR count). The number of aromatic nitrogens is 2. The van der Waals surface area contributed by atoms with Crippen LogP contribution in [0.25, 0.3) is 11.0 Å². The van der Waals surface area contributed by atoms with E-state index in [9.17, 15) is 24.3 Å². The van der Waals surface area contributed by atoms with Gasteiger partial charge in [-0.1, -0.05) is 24.3 Å². The molecule has 47 heavy (non-hydrogen) atoms. The number of amides is 3. The van der Waals surface area contributed by atoms with Gasteiger partial charge in [0.05, 0.1) is 30.3 Å². The third kappa shape index (κ3) is 6.53. The number of aryl methyl sites for hydroxylation is 1. The molecule has 0 bridgehead atoms. The van der Waals surface area contributed by atoms with Crippen LogP contribution in [0.2, 0.25) is 0 Å². The summed E-state index contributed by atoms with van der Waals surface area (Å²) in [6.45, 7) is 8.61. The predicted molar refractivity (Wildman–Crippen MR) is 175 cm³/mol. The molecular formula is C35H45N5O7. The number of rotatable bonds is 7. The number of piperazine rings is 1. The first-order valence-electron chi connectivity index (χ1n) is 16.4. The number of methoxy groups -OCH3 is 1. The lowest BCUT2D eigenvalue weighted by Gasteiger charge is -2.48. The highest BCUT2D eigenvalue weighted by atomic mass is 16.6. The summed E-state index contributed by atoms with van der Waals surface area (Å²) in [5.41, 5.74) is 1.45. The number of imidazole rings is 1. The number of para-hydroxylation sites is 1. The second-order valence-corrected chi connectivity index (χ2v) is 14.2. The molecule has 1 aliphatic carbocycles. The normalized spacial score (nSPS) is 24.0. The molecule has 0 spiro atoms. The van der Waals surface area contributed by atoms with Crippen molar-refractivity contribution in [3.8, 4) is 5.75 Å². The number of hydrogen-bond donors (Lipinski definition) is 1. The van der Waals surface area contributed by atoms with Gasteiger partial charge in [0.2, 0.25) is 5.91 Å². The third-order valence-corrected chi connectivity index (χ3v) is 9.66. The zero-order chi connectivity index (χ0) is 33.7. The van der Waals surface area contributed by atoms with Gasteiger partial charge in [0.15, 0.2) is 0 Å². The highest BCUT2D eigenvalue weighted by molar-refractivity contribution is 6.00. The molecular weight excluding hydrogens is 602 g/mol. The fraction of sp³-hybridized carbons (Fsp3) is 0.543. The number of fused-ring (bicyclic) bond motifs is 1. The summed E-state index contributed by atoms with van der Waals surface area (Å²) < 4.78 is 13.9. The lowest BCUT2D eigenvalue weighted by Crippen LogP contribution is -2.56. The van der Waals surface area contributed by atoms with Gasteiger partial charge >= 0.3 is 11.8 Å². The molecule has 2 aliphatic heterocycles. The fourth-order valence-corrected chi connectivity index (χ4v) is 7.28. The fourth-order valence-electron chi connectivity index (χ4n) is 7.28. The zero-order valence-corrected chi connectivity index (χ0v) is 27.9. The lowest BCUT2D eigenvalue weighted by molar-refractivity contribution is -0.151. The van der Waals surface area contributed by atoms with E-state index >= 15 is 0 Å². The molecule has 12 heteroatoms. The van der Waals surface area contributed by atoms with Crippen LogP contribution in [0.4, 0.5) is 4.79 Å². The Morgan fingerprint density at radius 1 is 1.00 bits per heavy atom. The SMILES string of the molecule is COc1ccc(CN2C(=O)CCC(n3c(=O)n(C)c4c(C5CC(O)(CN6CCN(C(=O)OC(C)(C)C)CC6)C5)cccc43)C2=O)cc1. The van der Waals surface area contributed by atoms with Gasteiger partial charge in [-0.2, -0.15) is 0 Å². The molecule has 3 fully saturated rings. The van der Waals surface area contributed by atoms with Crippen molar-refractivity contribution in [1.82, 2.24) is 23.8 Å². The van der Waals surface area contributed by atoms with E-state index in [1.54, 1.807) is 40.3 Å². The third-order valence-electron chi connectivity index (χ3n) is 9.66. The van der Waals surface area contributed by atoms with E-state index in [-0.39, 0.29) is 48.9 Å². The molecule has 12 nitrogen and oxygen atoms in total. The Balaban J connectivity index is 1.15. The zero-order valence-electron chi connectivity index (χ0n) is 27.9. The number of piperidine rings is 1. The summed E-state index contributed by atoms with van der Waals surface area (Å²) >= 11 is 0. The van der Waals surface area contributed by atoms with Crippen LogP contribution in [0.15, 0.2) is 47.3 Å². The van der Waals surface area contributed by atoms with Crippen molar-refractivity contribution < 1.29 is 29.0 Å². The van der Waals surface area contributed by atoms with Gasteiger partial charge < -0.3 is 19.5 Å². The van der Waals surface area contributed by atoms with Crippen molar-refractivity contribution in [2.45, 2.75) is 76.2 Å². The molecule has 3 aromatic rings. The second kappa shape index (κ2) is 12.5. The first-order chi connectivity index (χ1) is 22.3. The molecule has 1 N–H and O–H groups in total. The summed E-state index contributed by atoms with van der Waals surface area (Å²) in [7, 11) is 3.29. The largest absolute Gasteiger partial charge is 0.497 e.